The topological polar surface area (TPSA) is 99.3 Å². The van der Waals surface area contributed by atoms with Crippen molar-refractivity contribution < 1.29 is 18.1 Å². The zero-order valence-electron chi connectivity index (χ0n) is 11.8. The minimum absolute atomic E-state index is 0.0143. The first-order chi connectivity index (χ1) is 11.0. The maximum atomic E-state index is 11.6. The molecule has 0 aromatic heterocycles. The summed E-state index contributed by atoms with van der Waals surface area (Å²) in [6.45, 7) is 0. The van der Waals surface area contributed by atoms with Gasteiger partial charge in [0, 0.05) is 5.39 Å². The fraction of sp³-hybridized carbons (Fsp3) is 0. The molecule has 3 aromatic rings. The molecule has 0 spiro atoms. The molecule has 0 bridgehead atoms. The molecule has 116 valence electrons. The van der Waals surface area contributed by atoms with E-state index in [1.807, 2.05) is 6.07 Å². The van der Waals surface area contributed by atoms with Crippen molar-refractivity contribution in [3.8, 4) is 5.75 Å². The van der Waals surface area contributed by atoms with Crippen molar-refractivity contribution in [2.45, 2.75) is 4.90 Å². The SMILES string of the molecule is O=S(=O)(O)c1cccc2ccc(O)c(N=Nc3ccccc3)c12. The highest BCUT2D eigenvalue weighted by Crippen LogP contribution is 2.39. The largest absolute Gasteiger partial charge is 0.506 e. The number of phenolic OH excluding ortho intramolecular Hbond substituents is 1. The van der Waals surface area contributed by atoms with Gasteiger partial charge in [0.05, 0.1) is 5.69 Å². The monoisotopic (exact) mass is 328 g/mol. The van der Waals surface area contributed by atoms with Crippen molar-refractivity contribution in [1.29, 1.82) is 0 Å². The second kappa shape index (κ2) is 5.79. The van der Waals surface area contributed by atoms with E-state index in [0.29, 0.717) is 11.1 Å². The van der Waals surface area contributed by atoms with Gasteiger partial charge in [0.25, 0.3) is 10.1 Å². The van der Waals surface area contributed by atoms with Gasteiger partial charge in [-0.05, 0) is 29.7 Å². The maximum absolute atomic E-state index is 11.6. The first-order valence-electron chi connectivity index (χ1n) is 6.66. The van der Waals surface area contributed by atoms with Crippen LogP contribution in [0.4, 0.5) is 11.4 Å². The fourth-order valence-corrected chi connectivity index (χ4v) is 2.96. The lowest BCUT2D eigenvalue weighted by molar-refractivity contribution is 0.477. The van der Waals surface area contributed by atoms with E-state index < -0.39 is 10.1 Å². The third kappa shape index (κ3) is 3.05. The summed E-state index contributed by atoms with van der Waals surface area (Å²) in [5.41, 5.74) is 0.535. The van der Waals surface area contributed by atoms with E-state index in [0.717, 1.165) is 0 Å². The number of benzene rings is 3. The number of phenols is 1. The Kier molecular flexibility index (Phi) is 3.81. The van der Waals surface area contributed by atoms with E-state index in [4.69, 9.17) is 0 Å². The molecule has 3 aromatic carbocycles. The molecule has 0 amide bonds. The van der Waals surface area contributed by atoms with Gasteiger partial charge < -0.3 is 5.11 Å². The van der Waals surface area contributed by atoms with Crippen LogP contribution in [0.5, 0.6) is 5.75 Å². The van der Waals surface area contributed by atoms with Crippen molar-refractivity contribution in [1.82, 2.24) is 0 Å². The fourth-order valence-electron chi connectivity index (χ4n) is 2.23. The van der Waals surface area contributed by atoms with Crippen molar-refractivity contribution in [3.63, 3.8) is 0 Å². The summed E-state index contributed by atoms with van der Waals surface area (Å²) in [4.78, 5) is -0.326. The smallest absolute Gasteiger partial charge is 0.295 e. The van der Waals surface area contributed by atoms with Crippen molar-refractivity contribution >= 4 is 32.3 Å². The van der Waals surface area contributed by atoms with Crippen LogP contribution >= 0.6 is 0 Å². The van der Waals surface area contributed by atoms with E-state index >= 15 is 0 Å². The number of aromatic hydroxyl groups is 1. The van der Waals surface area contributed by atoms with Crippen LogP contribution in [0.2, 0.25) is 0 Å². The van der Waals surface area contributed by atoms with Gasteiger partial charge >= 0.3 is 0 Å². The van der Waals surface area contributed by atoms with Gasteiger partial charge in [0.1, 0.15) is 16.3 Å². The van der Waals surface area contributed by atoms with Crippen LogP contribution in [0, 0.1) is 0 Å². The Morgan fingerprint density at radius 2 is 1.57 bits per heavy atom. The Bertz CT molecular complexity index is 999. The van der Waals surface area contributed by atoms with E-state index in [1.54, 1.807) is 36.4 Å². The molecule has 7 heteroatoms. The molecule has 6 nitrogen and oxygen atoms in total. The van der Waals surface area contributed by atoms with Crippen LogP contribution in [-0.4, -0.2) is 18.1 Å². The van der Waals surface area contributed by atoms with Gasteiger partial charge in [-0.15, -0.1) is 5.11 Å². The molecule has 0 radical (unpaired) electrons. The zero-order valence-corrected chi connectivity index (χ0v) is 12.6. The summed E-state index contributed by atoms with van der Waals surface area (Å²) in [6.07, 6.45) is 0. The second-order valence-electron chi connectivity index (χ2n) is 4.80. The lowest BCUT2D eigenvalue weighted by Gasteiger charge is -2.08. The number of azo groups is 1. The molecule has 0 fully saturated rings. The third-order valence-corrected chi connectivity index (χ3v) is 4.15. The number of nitrogens with zero attached hydrogens (tertiary/aromatic N) is 2. The van der Waals surface area contributed by atoms with Crippen LogP contribution in [0.3, 0.4) is 0 Å². The molecular weight excluding hydrogens is 316 g/mol. The highest BCUT2D eigenvalue weighted by atomic mass is 32.2. The predicted octanol–water partition coefficient (Wildman–Crippen LogP) is 4.21. The molecule has 0 unspecified atom stereocenters. The average Bonchev–Trinajstić information content (AvgIpc) is 2.53. The van der Waals surface area contributed by atoms with Gasteiger partial charge in [0.15, 0.2) is 0 Å². The predicted molar refractivity (Wildman–Crippen MR) is 86.0 cm³/mol. The molecule has 2 N–H and O–H groups in total. The Labute approximate surface area is 132 Å². The summed E-state index contributed by atoms with van der Waals surface area (Å²) >= 11 is 0. The number of hydrogen-bond donors (Lipinski definition) is 2. The normalized spacial score (nSPS) is 12.0. The van der Waals surface area contributed by atoms with Crippen LogP contribution in [0.25, 0.3) is 10.8 Å². The first-order valence-corrected chi connectivity index (χ1v) is 8.10. The zero-order chi connectivity index (χ0) is 16.4. The van der Waals surface area contributed by atoms with Gasteiger partial charge in [0.2, 0.25) is 0 Å². The summed E-state index contributed by atoms with van der Waals surface area (Å²) in [6, 6.07) is 16.2. The molecule has 23 heavy (non-hydrogen) atoms. The summed E-state index contributed by atoms with van der Waals surface area (Å²) in [5, 5.41) is 18.7. The van der Waals surface area contributed by atoms with Crippen molar-refractivity contribution in [3.05, 3.63) is 60.7 Å². The summed E-state index contributed by atoms with van der Waals surface area (Å²) in [5.74, 6) is -0.228. The number of rotatable bonds is 3. The van der Waals surface area contributed by atoms with E-state index in [1.165, 1.54) is 18.2 Å². The maximum Gasteiger partial charge on any atom is 0.295 e. The molecule has 0 saturated heterocycles. The first kappa shape index (κ1) is 15.1. The Balaban J connectivity index is 2.27. The Morgan fingerprint density at radius 3 is 2.26 bits per heavy atom. The lowest BCUT2D eigenvalue weighted by Crippen LogP contribution is -1.99. The molecule has 0 atom stereocenters. The molecule has 0 aliphatic carbocycles. The Hall–Kier alpha value is -2.77. The lowest BCUT2D eigenvalue weighted by atomic mass is 10.1. The highest BCUT2D eigenvalue weighted by molar-refractivity contribution is 7.86. The van der Waals surface area contributed by atoms with Crippen LogP contribution in [0.15, 0.2) is 75.8 Å². The standard InChI is InChI=1S/C16H12N2O4S/c19-13-10-9-11-5-4-8-14(23(20,21)22)15(11)16(13)18-17-12-6-2-1-3-7-12/h1-10,19H,(H,20,21,22). The molecular formula is C16H12N2O4S. The van der Waals surface area contributed by atoms with Gasteiger partial charge in [-0.25, -0.2) is 0 Å². The van der Waals surface area contributed by atoms with E-state index in [2.05, 4.69) is 10.2 Å². The molecule has 0 aliphatic heterocycles. The van der Waals surface area contributed by atoms with Crippen LogP contribution in [-0.2, 0) is 10.1 Å². The van der Waals surface area contributed by atoms with Crippen molar-refractivity contribution in [2.24, 2.45) is 10.2 Å². The number of fused-ring (bicyclic) bond motifs is 1. The number of hydrogen-bond acceptors (Lipinski definition) is 5. The third-order valence-electron chi connectivity index (χ3n) is 3.26. The van der Waals surface area contributed by atoms with E-state index in [-0.39, 0.29) is 21.7 Å². The quantitative estimate of drug-likeness (QED) is 0.555. The average molecular weight is 328 g/mol. The molecule has 0 aliphatic rings. The van der Waals surface area contributed by atoms with Gasteiger partial charge in [-0.1, -0.05) is 36.4 Å². The summed E-state index contributed by atoms with van der Waals surface area (Å²) < 4.78 is 32.6. The minimum atomic E-state index is -4.46. The molecule has 3 rings (SSSR count). The van der Waals surface area contributed by atoms with Gasteiger partial charge in [-0.3, -0.25) is 4.55 Å². The molecule has 0 saturated carbocycles. The van der Waals surface area contributed by atoms with E-state index in [9.17, 15) is 18.1 Å². The second-order valence-corrected chi connectivity index (χ2v) is 6.19. The summed E-state index contributed by atoms with van der Waals surface area (Å²) in [7, 11) is -4.46. The highest BCUT2D eigenvalue weighted by Gasteiger charge is 2.18. The van der Waals surface area contributed by atoms with Gasteiger partial charge in [-0.2, -0.15) is 13.5 Å². The van der Waals surface area contributed by atoms with Crippen LogP contribution < -0.4 is 0 Å². The van der Waals surface area contributed by atoms with Crippen LogP contribution in [0.1, 0.15) is 0 Å². The molecule has 0 heterocycles. The Morgan fingerprint density at radius 1 is 0.826 bits per heavy atom. The van der Waals surface area contributed by atoms with Crippen molar-refractivity contribution in [2.75, 3.05) is 0 Å². The minimum Gasteiger partial charge on any atom is -0.506 e.